The first kappa shape index (κ1) is 24.5. The molecule has 8 heteroatoms. The summed E-state index contributed by atoms with van der Waals surface area (Å²) in [6.45, 7) is 10.6. The molecule has 1 unspecified atom stereocenters. The van der Waals surface area contributed by atoms with E-state index in [0.717, 1.165) is 27.1 Å². The Kier molecular flexibility index (Phi) is 7.58. The van der Waals surface area contributed by atoms with Gasteiger partial charge in [-0.05, 0) is 58.2 Å². The number of carbonyl (C=O) groups is 3. The molecule has 0 bridgehead atoms. The molecule has 1 amide bonds. The zero-order valence-corrected chi connectivity index (χ0v) is 20.5. The Morgan fingerprint density at radius 3 is 2.48 bits per heavy atom. The highest BCUT2D eigenvalue weighted by Crippen LogP contribution is 2.32. The molecule has 3 aromatic rings. The molecule has 0 saturated carbocycles. The van der Waals surface area contributed by atoms with Crippen LogP contribution in [0, 0.1) is 20.8 Å². The molecule has 0 spiro atoms. The number of nitrogens with zero attached hydrogens (tertiary/aromatic N) is 1. The first-order valence-electron chi connectivity index (χ1n) is 10.8. The maximum Gasteiger partial charge on any atom is 0.344 e. The molecule has 2 heterocycles. The summed E-state index contributed by atoms with van der Waals surface area (Å²) in [4.78, 5) is 42.5. The van der Waals surface area contributed by atoms with Gasteiger partial charge in [-0.3, -0.25) is 14.9 Å². The monoisotopic (exact) mass is 468 g/mol. The number of benzene rings is 1. The van der Waals surface area contributed by atoms with Crippen molar-refractivity contribution in [2.75, 3.05) is 11.9 Å². The fourth-order valence-electron chi connectivity index (χ4n) is 3.71. The first-order chi connectivity index (χ1) is 15.7. The quantitative estimate of drug-likeness (QED) is 0.259. The van der Waals surface area contributed by atoms with Crippen LogP contribution in [0.1, 0.15) is 64.8 Å². The van der Waals surface area contributed by atoms with Crippen LogP contribution in [0.25, 0.3) is 10.9 Å². The number of aromatic nitrogens is 1. The van der Waals surface area contributed by atoms with Crippen LogP contribution >= 0.6 is 11.8 Å². The molecule has 33 heavy (non-hydrogen) atoms. The van der Waals surface area contributed by atoms with Gasteiger partial charge in [0.05, 0.1) is 28.0 Å². The molecule has 1 aromatic carbocycles. The van der Waals surface area contributed by atoms with Crippen molar-refractivity contribution in [1.29, 1.82) is 0 Å². The van der Waals surface area contributed by atoms with Crippen LogP contribution in [0.2, 0.25) is 0 Å². The predicted molar refractivity (Wildman–Crippen MR) is 129 cm³/mol. The summed E-state index contributed by atoms with van der Waals surface area (Å²) in [5, 5.41) is 4.03. The second-order valence-electron chi connectivity index (χ2n) is 7.77. The van der Waals surface area contributed by atoms with Crippen molar-refractivity contribution in [2.24, 2.45) is 0 Å². The number of amides is 1. The second kappa shape index (κ2) is 10.2. The third-order valence-electron chi connectivity index (χ3n) is 5.30. The van der Waals surface area contributed by atoms with Gasteiger partial charge in [0.15, 0.2) is 5.78 Å². The van der Waals surface area contributed by atoms with Gasteiger partial charge in [0, 0.05) is 5.39 Å². The number of pyridine rings is 1. The Bertz CT molecular complexity index is 1230. The number of hydrogen-bond acceptors (Lipinski definition) is 7. The van der Waals surface area contributed by atoms with E-state index < -0.39 is 11.2 Å². The van der Waals surface area contributed by atoms with E-state index in [0.29, 0.717) is 6.42 Å². The van der Waals surface area contributed by atoms with E-state index in [9.17, 15) is 14.4 Å². The van der Waals surface area contributed by atoms with Crippen LogP contribution in [0.4, 0.5) is 5.88 Å². The molecular formula is C25H28N2O5S. The molecule has 7 nitrogen and oxygen atoms in total. The lowest BCUT2D eigenvalue weighted by Crippen LogP contribution is -2.25. The molecular weight excluding hydrogens is 440 g/mol. The van der Waals surface area contributed by atoms with Crippen molar-refractivity contribution >= 4 is 46.2 Å². The summed E-state index contributed by atoms with van der Waals surface area (Å²) in [6.07, 6.45) is 0.525. The Labute approximate surface area is 197 Å². The topological polar surface area (TPSA) is 98.5 Å². The van der Waals surface area contributed by atoms with Crippen LogP contribution < -0.4 is 5.32 Å². The molecule has 174 valence electrons. The number of hydrogen-bond donors (Lipinski definition) is 1. The Balaban J connectivity index is 1.90. The second-order valence-corrected chi connectivity index (χ2v) is 8.99. The van der Waals surface area contributed by atoms with E-state index >= 15 is 0 Å². The number of ketones is 1. The van der Waals surface area contributed by atoms with E-state index in [1.54, 1.807) is 13.8 Å². The van der Waals surface area contributed by atoms with Crippen LogP contribution in [0.3, 0.4) is 0 Å². The molecule has 0 radical (unpaired) electrons. The summed E-state index contributed by atoms with van der Waals surface area (Å²) in [5.74, 6) is -1.21. The van der Waals surface area contributed by atoms with Gasteiger partial charge in [0.2, 0.25) is 11.8 Å². The zero-order chi connectivity index (χ0) is 24.3. The van der Waals surface area contributed by atoms with Gasteiger partial charge in [-0.1, -0.05) is 36.9 Å². The number of carbonyl (C=O) groups excluding carboxylic acids is 3. The molecule has 0 saturated heterocycles. The number of nitrogens with one attached hydrogen (secondary N) is 1. The maximum atomic E-state index is 13.1. The normalized spacial score (nSPS) is 11.9. The average Bonchev–Trinajstić information content (AvgIpc) is 3.08. The number of thioether (sulfide) groups is 1. The third kappa shape index (κ3) is 5.11. The molecule has 1 N–H and O–H groups in total. The lowest BCUT2D eigenvalue weighted by molar-refractivity contribution is -0.115. The number of aryl methyl sites for hydroxylation is 3. The minimum Gasteiger partial charge on any atom is -0.462 e. The van der Waals surface area contributed by atoms with Gasteiger partial charge in [-0.15, -0.1) is 0 Å². The Morgan fingerprint density at radius 1 is 1.12 bits per heavy atom. The van der Waals surface area contributed by atoms with Crippen molar-refractivity contribution in [3.05, 3.63) is 52.3 Å². The van der Waals surface area contributed by atoms with Crippen molar-refractivity contribution in [2.45, 2.75) is 58.2 Å². The number of Topliss-reactive ketones (excluding diaryl/α,β-unsaturated/α-hetero) is 1. The van der Waals surface area contributed by atoms with Gasteiger partial charge < -0.3 is 9.15 Å². The molecule has 0 aliphatic rings. The smallest absolute Gasteiger partial charge is 0.344 e. The van der Waals surface area contributed by atoms with Crippen molar-refractivity contribution in [3.8, 4) is 0 Å². The van der Waals surface area contributed by atoms with E-state index in [1.807, 2.05) is 45.0 Å². The minimum atomic E-state index is -0.710. The SMILES string of the molecule is CCOC(=O)c1c(NC(=O)C(CC)Sc2cc(C)c3cccc(C)c3n2)oc(C)c1C(C)=O. The standard InChI is InChI=1S/C25H28N2O5S/c1-7-18(33-19-12-14(4)17-11-9-10-13(3)22(17)26-19)23(29)27-24-21(25(30)31-8-2)20(15(5)28)16(6)32-24/h9-12,18H,7-8H2,1-6H3,(H,27,29). The summed E-state index contributed by atoms with van der Waals surface area (Å²) in [5.41, 5.74) is 3.13. The lowest BCUT2D eigenvalue weighted by Gasteiger charge is -2.15. The molecule has 0 aliphatic heterocycles. The minimum absolute atomic E-state index is 0.0506. The molecule has 1 atom stereocenters. The van der Waals surface area contributed by atoms with E-state index in [2.05, 4.69) is 5.32 Å². The number of fused-ring (bicyclic) bond motifs is 1. The maximum absolute atomic E-state index is 13.1. The number of ether oxygens (including phenoxy) is 1. The molecule has 0 aliphatic carbocycles. The first-order valence-corrected chi connectivity index (χ1v) is 11.7. The number of para-hydroxylation sites is 1. The van der Waals surface area contributed by atoms with E-state index in [-0.39, 0.29) is 41.1 Å². The van der Waals surface area contributed by atoms with Crippen LogP contribution in [0.15, 0.2) is 33.7 Å². The molecule has 3 rings (SSSR count). The highest BCUT2D eigenvalue weighted by Gasteiger charge is 2.30. The van der Waals surface area contributed by atoms with Crippen LogP contribution in [-0.4, -0.2) is 34.5 Å². The van der Waals surface area contributed by atoms with Crippen molar-refractivity contribution in [3.63, 3.8) is 0 Å². The summed E-state index contributed by atoms with van der Waals surface area (Å²) >= 11 is 1.35. The van der Waals surface area contributed by atoms with Gasteiger partial charge in [-0.2, -0.15) is 0 Å². The number of anilines is 1. The fourth-order valence-corrected chi connectivity index (χ4v) is 4.72. The molecule has 2 aromatic heterocycles. The van der Waals surface area contributed by atoms with Crippen LogP contribution in [-0.2, 0) is 9.53 Å². The van der Waals surface area contributed by atoms with Crippen LogP contribution in [0.5, 0.6) is 0 Å². The van der Waals surface area contributed by atoms with E-state index in [1.165, 1.54) is 18.7 Å². The van der Waals surface area contributed by atoms with Gasteiger partial charge in [0.1, 0.15) is 11.3 Å². The van der Waals surface area contributed by atoms with Gasteiger partial charge >= 0.3 is 5.97 Å². The average molecular weight is 469 g/mol. The number of esters is 1. The van der Waals surface area contributed by atoms with Crippen molar-refractivity contribution < 1.29 is 23.5 Å². The highest BCUT2D eigenvalue weighted by molar-refractivity contribution is 8.00. The van der Waals surface area contributed by atoms with Gasteiger partial charge in [0.25, 0.3) is 0 Å². The summed E-state index contributed by atoms with van der Waals surface area (Å²) < 4.78 is 10.7. The zero-order valence-electron chi connectivity index (χ0n) is 19.7. The summed E-state index contributed by atoms with van der Waals surface area (Å²) in [6, 6.07) is 8.02. The van der Waals surface area contributed by atoms with Gasteiger partial charge in [-0.25, -0.2) is 9.78 Å². The Morgan fingerprint density at radius 2 is 1.85 bits per heavy atom. The predicted octanol–water partition coefficient (Wildman–Crippen LogP) is 5.64. The summed E-state index contributed by atoms with van der Waals surface area (Å²) in [7, 11) is 0. The highest BCUT2D eigenvalue weighted by atomic mass is 32.2. The number of rotatable bonds is 8. The van der Waals surface area contributed by atoms with E-state index in [4.69, 9.17) is 14.1 Å². The van der Waals surface area contributed by atoms with Crippen molar-refractivity contribution in [1.82, 2.24) is 4.98 Å². The fraction of sp³-hybridized carbons (Fsp3) is 0.360. The lowest BCUT2D eigenvalue weighted by atomic mass is 10.1. The molecule has 0 fully saturated rings. The number of furan rings is 1. The largest absolute Gasteiger partial charge is 0.462 e. The Hall–Kier alpha value is -3.13. The third-order valence-corrected chi connectivity index (χ3v) is 6.59.